The van der Waals surface area contributed by atoms with Gasteiger partial charge in [0.2, 0.25) is 0 Å². The molecule has 2 aromatic carbocycles. The van der Waals surface area contributed by atoms with E-state index in [1.807, 2.05) is 65.2 Å². The molecule has 0 radical (unpaired) electrons. The molecule has 0 unspecified atom stereocenters. The number of rotatable bonds is 12. The molecule has 0 spiro atoms. The Bertz CT molecular complexity index is 1480. The molecular weight excluding hydrogens is 524 g/mol. The van der Waals surface area contributed by atoms with Crippen LogP contribution in [0.5, 0.6) is 5.75 Å². The number of carbonyl (C=O) groups is 2. The molecule has 1 aliphatic heterocycles. The fourth-order valence-corrected chi connectivity index (χ4v) is 4.92. The van der Waals surface area contributed by atoms with E-state index in [4.69, 9.17) is 24.3 Å². The molecule has 2 aromatic heterocycles. The first kappa shape index (κ1) is 28.1. The van der Waals surface area contributed by atoms with Crippen molar-refractivity contribution >= 4 is 34.3 Å². The summed E-state index contributed by atoms with van der Waals surface area (Å²) >= 11 is 0. The second-order valence-electron chi connectivity index (χ2n) is 9.76. The monoisotopic (exact) mass is 558 g/mol. The van der Waals surface area contributed by atoms with Crippen molar-refractivity contribution < 1.29 is 28.9 Å². The van der Waals surface area contributed by atoms with Crippen molar-refractivity contribution in [2.24, 2.45) is 0 Å². The van der Waals surface area contributed by atoms with Crippen molar-refractivity contribution in [2.75, 3.05) is 37.6 Å². The van der Waals surface area contributed by atoms with E-state index >= 15 is 0 Å². The predicted octanol–water partition coefficient (Wildman–Crippen LogP) is 4.17. The van der Waals surface area contributed by atoms with Gasteiger partial charge in [-0.05, 0) is 48.6 Å². The topological polar surface area (TPSA) is 124 Å². The Labute approximate surface area is 238 Å². The molecule has 1 fully saturated rings. The zero-order valence-corrected chi connectivity index (χ0v) is 23.0. The van der Waals surface area contributed by atoms with Crippen LogP contribution in [-0.2, 0) is 33.8 Å². The highest BCUT2D eigenvalue weighted by molar-refractivity contribution is 6.12. The lowest BCUT2D eigenvalue weighted by Gasteiger charge is -2.13. The maximum Gasteiger partial charge on any atom is 0.356 e. The summed E-state index contributed by atoms with van der Waals surface area (Å²) in [5.41, 5.74) is 4.03. The molecule has 3 N–H and O–H groups in total. The van der Waals surface area contributed by atoms with Crippen molar-refractivity contribution in [1.82, 2.24) is 9.55 Å². The molecule has 41 heavy (non-hydrogen) atoms. The van der Waals surface area contributed by atoms with Gasteiger partial charge in [-0.15, -0.1) is 0 Å². The molecule has 214 valence electrons. The quantitative estimate of drug-likeness (QED) is 0.222. The number of amides is 1. The molecule has 0 bridgehead atoms. The standard InChI is InChI=1S/C31H34N4O6/c1-39-31(38)28-27(34-30(37)26-8-5-16-41-26)25-18-23(32-19-22-9-11-24(12-10-22)40-17-15-36)20-33-29(25)35(28)14-13-21-6-3-2-4-7-21/h2-4,6-7,9-12,18,20,26,32,36H,5,8,13-17,19H2,1H3,(H,34,37)/t26-/m0/s1. The van der Waals surface area contributed by atoms with Gasteiger partial charge in [0, 0.05) is 25.1 Å². The first-order chi connectivity index (χ1) is 20.1. The molecule has 4 aromatic rings. The van der Waals surface area contributed by atoms with Crippen molar-refractivity contribution in [3.63, 3.8) is 0 Å². The fraction of sp³-hybridized carbons (Fsp3) is 0.323. The lowest BCUT2D eigenvalue weighted by atomic mass is 10.1. The van der Waals surface area contributed by atoms with Crippen LogP contribution in [0.15, 0.2) is 66.9 Å². The van der Waals surface area contributed by atoms with Gasteiger partial charge in [-0.2, -0.15) is 0 Å². The fourth-order valence-electron chi connectivity index (χ4n) is 4.92. The van der Waals surface area contributed by atoms with Gasteiger partial charge in [0.1, 0.15) is 24.1 Å². The maximum atomic E-state index is 13.1. The van der Waals surface area contributed by atoms with Crippen LogP contribution in [0.3, 0.4) is 0 Å². The highest BCUT2D eigenvalue weighted by atomic mass is 16.5. The first-order valence-corrected chi connectivity index (χ1v) is 13.7. The maximum absolute atomic E-state index is 13.1. The zero-order chi connectivity index (χ0) is 28.6. The number of pyridine rings is 1. The largest absolute Gasteiger partial charge is 0.491 e. The van der Waals surface area contributed by atoms with E-state index in [0.29, 0.717) is 55.0 Å². The zero-order valence-electron chi connectivity index (χ0n) is 23.0. The number of aliphatic hydroxyl groups is 1. The third-order valence-electron chi connectivity index (χ3n) is 6.99. The number of nitrogens with one attached hydrogen (secondary N) is 2. The average molecular weight is 559 g/mol. The third-order valence-corrected chi connectivity index (χ3v) is 6.99. The summed E-state index contributed by atoms with van der Waals surface area (Å²) in [6.45, 7) is 1.72. The lowest BCUT2D eigenvalue weighted by molar-refractivity contribution is -0.124. The average Bonchev–Trinajstić information content (AvgIpc) is 3.66. The number of nitrogens with zero attached hydrogens (tertiary/aromatic N) is 2. The van der Waals surface area contributed by atoms with Crippen LogP contribution in [0.2, 0.25) is 0 Å². The number of aliphatic hydroxyl groups excluding tert-OH is 1. The third kappa shape index (κ3) is 6.67. The molecule has 5 rings (SSSR count). The smallest absolute Gasteiger partial charge is 0.356 e. The lowest BCUT2D eigenvalue weighted by Crippen LogP contribution is -2.28. The first-order valence-electron chi connectivity index (χ1n) is 13.7. The number of benzene rings is 2. The molecule has 0 saturated carbocycles. The van der Waals surface area contributed by atoms with Gasteiger partial charge in [-0.3, -0.25) is 4.79 Å². The number of hydrogen-bond acceptors (Lipinski definition) is 8. The van der Waals surface area contributed by atoms with Crippen LogP contribution in [0.25, 0.3) is 11.0 Å². The Kier molecular flexibility index (Phi) is 9.12. The number of methoxy groups -OCH3 is 1. The van der Waals surface area contributed by atoms with Crippen molar-refractivity contribution in [1.29, 1.82) is 0 Å². The number of aryl methyl sites for hydroxylation is 2. The molecule has 10 heteroatoms. The normalized spacial score (nSPS) is 14.6. The van der Waals surface area contributed by atoms with Gasteiger partial charge >= 0.3 is 5.97 Å². The highest BCUT2D eigenvalue weighted by Crippen LogP contribution is 2.34. The van der Waals surface area contributed by atoms with E-state index in [0.717, 1.165) is 23.2 Å². The van der Waals surface area contributed by atoms with Crippen molar-refractivity contribution in [3.05, 3.63) is 83.7 Å². The number of fused-ring (bicyclic) bond motifs is 1. The number of aromatic nitrogens is 2. The molecule has 1 amide bonds. The predicted molar refractivity (Wildman–Crippen MR) is 155 cm³/mol. The molecular formula is C31H34N4O6. The van der Waals surface area contributed by atoms with E-state index in [2.05, 4.69) is 10.6 Å². The molecule has 1 atom stereocenters. The SMILES string of the molecule is COC(=O)c1c(NC(=O)[C@@H]2CCCO2)c2cc(NCc3ccc(OCCO)cc3)cnc2n1CCc1ccccc1. The van der Waals surface area contributed by atoms with E-state index in [1.54, 1.807) is 6.20 Å². The van der Waals surface area contributed by atoms with E-state index in [9.17, 15) is 9.59 Å². The molecule has 1 saturated heterocycles. The second-order valence-corrected chi connectivity index (χ2v) is 9.76. The van der Waals surface area contributed by atoms with E-state index in [-0.39, 0.29) is 24.8 Å². The summed E-state index contributed by atoms with van der Waals surface area (Å²) in [4.78, 5) is 31.0. The van der Waals surface area contributed by atoms with Crippen LogP contribution in [0, 0.1) is 0 Å². The minimum Gasteiger partial charge on any atom is -0.491 e. The minimum absolute atomic E-state index is 0.0411. The molecule has 3 heterocycles. The molecule has 1 aliphatic rings. The Morgan fingerprint density at radius 2 is 1.93 bits per heavy atom. The minimum atomic E-state index is -0.568. The summed E-state index contributed by atoms with van der Waals surface area (Å²) < 4.78 is 18.0. The summed E-state index contributed by atoms with van der Waals surface area (Å²) in [6, 6.07) is 19.4. The van der Waals surface area contributed by atoms with Gasteiger partial charge in [0.05, 0.1) is 31.3 Å². The highest BCUT2D eigenvalue weighted by Gasteiger charge is 2.30. The van der Waals surface area contributed by atoms with Gasteiger partial charge in [0.25, 0.3) is 5.91 Å². The summed E-state index contributed by atoms with van der Waals surface area (Å²) in [5.74, 6) is -0.168. The Morgan fingerprint density at radius 1 is 1.12 bits per heavy atom. The molecule has 10 nitrogen and oxygen atoms in total. The Balaban J connectivity index is 1.47. The van der Waals surface area contributed by atoms with Crippen LogP contribution in [0.1, 0.15) is 34.5 Å². The number of esters is 1. The number of ether oxygens (including phenoxy) is 3. The molecule has 0 aliphatic carbocycles. The Morgan fingerprint density at radius 3 is 2.63 bits per heavy atom. The Hall–Kier alpha value is -4.41. The van der Waals surface area contributed by atoms with Gasteiger partial charge in [-0.1, -0.05) is 42.5 Å². The van der Waals surface area contributed by atoms with E-state index < -0.39 is 12.1 Å². The number of carbonyl (C=O) groups excluding carboxylic acids is 2. The van der Waals surface area contributed by atoms with Crippen LogP contribution in [0.4, 0.5) is 11.4 Å². The van der Waals surface area contributed by atoms with Gasteiger partial charge in [0.15, 0.2) is 5.69 Å². The van der Waals surface area contributed by atoms with Crippen LogP contribution >= 0.6 is 0 Å². The number of hydrogen-bond donors (Lipinski definition) is 3. The van der Waals surface area contributed by atoms with E-state index in [1.165, 1.54) is 7.11 Å². The van der Waals surface area contributed by atoms with Crippen LogP contribution < -0.4 is 15.4 Å². The van der Waals surface area contributed by atoms with Crippen molar-refractivity contribution in [3.8, 4) is 5.75 Å². The van der Waals surface area contributed by atoms with Gasteiger partial charge < -0.3 is 34.5 Å². The summed E-state index contributed by atoms with van der Waals surface area (Å²) in [5, 5.41) is 15.9. The number of anilines is 2. The van der Waals surface area contributed by atoms with Crippen molar-refractivity contribution in [2.45, 2.75) is 38.5 Å². The summed E-state index contributed by atoms with van der Waals surface area (Å²) in [6.07, 6.45) is 3.24. The summed E-state index contributed by atoms with van der Waals surface area (Å²) in [7, 11) is 1.33. The van der Waals surface area contributed by atoms with Crippen LogP contribution in [-0.4, -0.2) is 59.6 Å². The second kappa shape index (κ2) is 13.3. The van der Waals surface area contributed by atoms with Gasteiger partial charge in [-0.25, -0.2) is 9.78 Å².